The van der Waals surface area contributed by atoms with Crippen LogP contribution >= 0.6 is 11.3 Å². The van der Waals surface area contributed by atoms with Crippen molar-refractivity contribution in [2.75, 3.05) is 18.5 Å². The van der Waals surface area contributed by atoms with Crippen LogP contribution in [0.2, 0.25) is 0 Å². The summed E-state index contributed by atoms with van der Waals surface area (Å²) < 4.78 is 5.03. The van der Waals surface area contributed by atoms with Gasteiger partial charge >= 0.3 is 12.0 Å². The second-order valence-corrected chi connectivity index (χ2v) is 9.07. The number of anilines is 1. The summed E-state index contributed by atoms with van der Waals surface area (Å²) in [4.78, 5) is 29.8. The lowest BCUT2D eigenvalue weighted by Crippen LogP contribution is -2.42. The SMILES string of the molecule is CCOC(=O)c1ccc(NC(=O)N2CCc3c(sc(C)c3CC)[C@H]2c2ccccc2)cc1. The van der Waals surface area contributed by atoms with Crippen molar-refractivity contribution < 1.29 is 14.3 Å². The van der Waals surface area contributed by atoms with E-state index in [0.717, 1.165) is 18.4 Å². The Kier molecular flexibility index (Phi) is 6.61. The molecule has 2 aromatic carbocycles. The van der Waals surface area contributed by atoms with Crippen LogP contribution in [0.3, 0.4) is 0 Å². The first-order valence-electron chi connectivity index (χ1n) is 11.0. The molecule has 1 aromatic heterocycles. The quantitative estimate of drug-likeness (QED) is 0.489. The number of benzene rings is 2. The average Bonchev–Trinajstić information content (AvgIpc) is 3.14. The van der Waals surface area contributed by atoms with Gasteiger partial charge in [-0.05, 0) is 67.6 Å². The van der Waals surface area contributed by atoms with Crippen molar-refractivity contribution in [1.29, 1.82) is 0 Å². The second kappa shape index (κ2) is 9.57. The van der Waals surface area contributed by atoms with Gasteiger partial charge < -0.3 is 15.0 Å². The van der Waals surface area contributed by atoms with Crippen LogP contribution < -0.4 is 5.32 Å². The molecule has 4 rings (SSSR count). The number of nitrogens with one attached hydrogen (secondary N) is 1. The van der Waals surface area contributed by atoms with E-state index >= 15 is 0 Å². The molecule has 0 saturated carbocycles. The Hall–Kier alpha value is -3.12. The summed E-state index contributed by atoms with van der Waals surface area (Å²) in [6.45, 7) is 7.14. The highest BCUT2D eigenvalue weighted by molar-refractivity contribution is 7.12. The van der Waals surface area contributed by atoms with E-state index in [9.17, 15) is 9.59 Å². The fourth-order valence-corrected chi connectivity index (χ4v) is 5.84. The molecule has 2 heterocycles. The van der Waals surface area contributed by atoms with Crippen LogP contribution in [-0.4, -0.2) is 30.1 Å². The van der Waals surface area contributed by atoms with Crippen molar-refractivity contribution in [3.8, 4) is 0 Å². The van der Waals surface area contributed by atoms with Gasteiger partial charge in [0.25, 0.3) is 0 Å². The third-order valence-electron chi connectivity index (χ3n) is 5.89. The lowest BCUT2D eigenvalue weighted by molar-refractivity contribution is 0.0526. The number of ether oxygens (including phenoxy) is 1. The van der Waals surface area contributed by atoms with Crippen molar-refractivity contribution in [3.05, 3.63) is 86.6 Å². The van der Waals surface area contributed by atoms with E-state index in [1.807, 2.05) is 34.4 Å². The van der Waals surface area contributed by atoms with Gasteiger partial charge in [-0.25, -0.2) is 9.59 Å². The Morgan fingerprint density at radius 2 is 1.81 bits per heavy atom. The standard InChI is InChI=1S/C26H28N2O3S/c1-4-21-17(3)32-24-22(21)15-16-28(23(24)18-9-7-6-8-10-18)26(30)27-20-13-11-19(12-14-20)25(29)31-5-2/h6-14,23H,4-5,15-16H2,1-3H3,(H,27,30)/t23-/m1/s1. The summed E-state index contributed by atoms with van der Waals surface area (Å²) >= 11 is 1.81. The monoisotopic (exact) mass is 448 g/mol. The number of aryl methyl sites for hydroxylation is 1. The number of urea groups is 1. The molecular formula is C26H28N2O3S. The van der Waals surface area contributed by atoms with Gasteiger partial charge in [-0.2, -0.15) is 0 Å². The van der Waals surface area contributed by atoms with E-state index < -0.39 is 0 Å². The van der Waals surface area contributed by atoms with E-state index in [-0.39, 0.29) is 18.0 Å². The van der Waals surface area contributed by atoms with Gasteiger partial charge in [0.2, 0.25) is 0 Å². The number of thiophene rings is 1. The number of rotatable bonds is 5. The molecule has 0 unspecified atom stereocenters. The molecule has 0 bridgehead atoms. The van der Waals surface area contributed by atoms with Gasteiger partial charge in [-0.15, -0.1) is 11.3 Å². The van der Waals surface area contributed by atoms with Crippen LogP contribution in [0.25, 0.3) is 0 Å². The lowest BCUT2D eigenvalue weighted by Gasteiger charge is -2.36. The van der Waals surface area contributed by atoms with Crippen molar-refractivity contribution in [3.63, 3.8) is 0 Å². The Labute approximate surface area is 193 Å². The molecule has 32 heavy (non-hydrogen) atoms. The van der Waals surface area contributed by atoms with Gasteiger partial charge in [-0.1, -0.05) is 37.3 Å². The molecule has 1 aliphatic heterocycles. The molecule has 1 N–H and O–H groups in total. The fraction of sp³-hybridized carbons (Fsp3) is 0.308. The fourth-order valence-electron chi connectivity index (χ4n) is 4.39. The summed E-state index contributed by atoms with van der Waals surface area (Å²) in [6, 6.07) is 16.8. The van der Waals surface area contributed by atoms with Crippen LogP contribution in [0, 0.1) is 6.92 Å². The summed E-state index contributed by atoms with van der Waals surface area (Å²) in [5, 5.41) is 3.02. The van der Waals surface area contributed by atoms with Gasteiger partial charge in [0, 0.05) is 22.0 Å². The van der Waals surface area contributed by atoms with E-state index in [1.165, 1.54) is 20.9 Å². The predicted octanol–water partition coefficient (Wildman–Crippen LogP) is 5.98. The number of amides is 2. The first-order valence-corrected chi connectivity index (χ1v) is 11.9. The minimum atomic E-state index is -0.363. The highest BCUT2D eigenvalue weighted by atomic mass is 32.1. The molecule has 3 aromatic rings. The third kappa shape index (κ3) is 4.28. The van der Waals surface area contributed by atoms with Gasteiger partial charge in [0.1, 0.15) is 0 Å². The molecular weight excluding hydrogens is 420 g/mol. The van der Waals surface area contributed by atoms with Crippen molar-refractivity contribution in [2.24, 2.45) is 0 Å². The predicted molar refractivity (Wildman–Crippen MR) is 129 cm³/mol. The highest BCUT2D eigenvalue weighted by Crippen LogP contribution is 2.42. The maximum absolute atomic E-state index is 13.4. The van der Waals surface area contributed by atoms with Gasteiger partial charge in [0.15, 0.2) is 0 Å². The number of hydrogen-bond acceptors (Lipinski definition) is 4. The molecule has 5 nitrogen and oxygen atoms in total. The van der Waals surface area contributed by atoms with Crippen molar-refractivity contribution >= 4 is 29.0 Å². The zero-order valence-corrected chi connectivity index (χ0v) is 19.5. The Balaban J connectivity index is 1.61. The number of carbonyl (C=O) groups is 2. The van der Waals surface area contributed by atoms with E-state index in [0.29, 0.717) is 24.4 Å². The molecule has 6 heteroatoms. The topological polar surface area (TPSA) is 58.6 Å². The van der Waals surface area contributed by atoms with E-state index in [4.69, 9.17) is 4.74 Å². The average molecular weight is 449 g/mol. The molecule has 0 radical (unpaired) electrons. The van der Waals surface area contributed by atoms with E-state index in [2.05, 4.69) is 31.3 Å². The maximum Gasteiger partial charge on any atom is 0.338 e. The van der Waals surface area contributed by atoms with Crippen LogP contribution in [0.15, 0.2) is 54.6 Å². The second-order valence-electron chi connectivity index (χ2n) is 7.82. The first-order chi connectivity index (χ1) is 15.5. The summed E-state index contributed by atoms with van der Waals surface area (Å²) in [5.74, 6) is -0.363. The molecule has 2 amide bonds. The van der Waals surface area contributed by atoms with Gasteiger partial charge in [0.05, 0.1) is 18.2 Å². The number of carbonyl (C=O) groups excluding carboxylic acids is 2. The lowest BCUT2D eigenvalue weighted by atomic mass is 9.92. The van der Waals surface area contributed by atoms with Crippen LogP contribution in [-0.2, 0) is 17.6 Å². The van der Waals surface area contributed by atoms with Crippen molar-refractivity contribution in [2.45, 2.75) is 39.7 Å². The smallest absolute Gasteiger partial charge is 0.338 e. The number of hydrogen-bond donors (Lipinski definition) is 1. The summed E-state index contributed by atoms with van der Waals surface area (Å²) in [6.07, 6.45) is 1.87. The highest BCUT2D eigenvalue weighted by Gasteiger charge is 2.35. The third-order valence-corrected chi connectivity index (χ3v) is 7.13. The van der Waals surface area contributed by atoms with Gasteiger partial charge in [-0.3, -0.25) is 0 Å². The number of fused-ring (bicyclic) bond motifs is 1. The first kappa shape index (κ1) is 22.1. The molecule has 0 fully saturated rings. The molecule has 0 spiro atoms. The zero-order chi connectivity index (χ0) is 22.7. The Bertz CT molecular complexity index is 1110. The number of esters is 1. The minimum absolute atomic E-state index is 0.109. The number of nitrogens with zero attached hydrogens (tertiary/aromatic N) is 1. The molecule has 166 valence electrons. The summed E-state index contributed by atoms with van der Waals surface area (Å²) in [5.41, 5.74) is 5.07. The van der Waals surface area contributed by atoms with Crippen LogP contribution in [0.5, 0.6) is 0 Å². The maximum atomic E-state index is 13.4. The van der Waals surface area contributed by atoms with Crippen LogP contribution in [0.1, 0.15) is 56.7 Å². The van der Waals surface area contributed by atoms with Crippen LogP contribution in [0.4, 0.5) is 10.5 Å². The molecule has 1 atom stereocenters. The molecule has 0 saturated heterocycles. The minimum Gasteiger partial charge on any atom is -0.462 e. The van der Waals surface area contributed by atoms with Crippen molar-refractivity contribution in [1.82, 2.24) is 4.90 Å². The summed E-state index contributed by atoms with van der Waals surface area (Å²) in [7, 11) is 0. The molecule has 1 aliphatic rings. The van der Waals surface area contributed by atoms with E-state index in [1.54, 1.807) is 31.2 Å². The Morgan fingerprint density at radius 3 is 2.47 bits per heavy atom. The Morgan fingerprint density at radius 1 is 1.09 bits per heavy atom. The largest absolute Gasteiger partial charge is 0.462 e. The normalized spacial score (nSPS) is 15.2. The molecule has 0 aliphatic carbocycles. The zero-order valence-electron chi connectivity index (χ0n) is 18.7.